The number of benzene rings is 2. The maximum atomic E-state index is 10.8. The van der Waals surface area contributed by atoms with Crippen LogP contribution in [-0.4, -0.2) is 4.92 Å². The van der Waals surface area contributed by atoms with Crippen molar-refractivity contribution in [1.29, 1.82) is 0 Å². The second-order valence-electron chi connectivity index (χ2n) is 3.52. The lowest BCUT2D eigenvalue weighted by atomic mass is 10.2. The van der Waals surface area contributed by atoms with Crippen molar-refractivity contribution in [1.82, 2.24) is 0 Å². The van der Waals surface area contributed by atoms with Gasteiger partial charge in [-0.15, -0.1) is 0 Å². The van der Waals surface area contributed by atoms with Gasteiger partial charge in [-0.2, -0.15) is 0 Å². The van der Waals surface area contributed by atoms with Gasteiger partial charge in [-0.3, -0.25) is 10.1 Å². The summed E-state index contributed by atoms with van der Waals surface area (Å²) in [5.74, 6) is 0. The molecule has 86 valence electrons. The van der Waals surface area contributed by atoms with Crippen LogP contribution in [0.15, 0.2) is 48.5 Å². The third-order valence-corrected chi connectivity index (χ3v) is 2.27. The van der Waals surface area contributed by atoms with Gasteiger partial charge < -0.3 is 11.1 Å². The fourth-order valence-corrected chi connectivity index (χ4v) is 1.51. The molecule has 0 aliphatic carbocycles. The van der Waals surface area contributed by atoms with Crippen molar-refractivity contribution in [3.05, 3.63) is 58.6 Å². The molecule has 0 unspecified atom stereocenters. The summed E-state index contributed by atoms with van der Waals surface area (Å²) in [6.07, 6.45) is 0. The standard InChI is InChI=1S/C12H11N3O2/c13-9-4-3-5-10(8-9)14-11-6-1-2-7-12(11)15(16)17/h1-8,14H,13H2. The van der Waals surface area contributed by atoms with Crippen molar-refractivity contribution in [3.63, 3.8) is 0 Å². The van der Waals surface area contributed by atoms with Crippen molar-refractivity contribution in [3.8, 4) is 0 Å². The Balaban J connectivity index is 2.33. The molecule has 2 rings (SSSR count). The predicted octanol–water partition coefficient (Wildman–Crippen LogP) is 2.92. The number of anilines is 3. The Bertz CT molecular complexity index is 555. The fraction of sp³-hybridized carbons (Fsp3) is 0. The van der Waals surface area contributed by atoms with Crippen molar-refractivity contribution < 1.29 is 4.92 Å². The summed E-state index contributed by atoms with van der Waals surface area (Å²) in [5, 5.41) is 13.8. The molecule has 0 fully saturated rings. The predicted molar refractivity (Wildman–Crippen MR) is 67.2 cm³/mol. The van der Waals surface area contributed by atoms with Gasteiger partial charge in [-0.25, -0.2) is 0 Å². The fourth-order valence-electron chi connectivity index (χ4n) is 1.51. The average molecular weight is 229 g/mol. The zero-order chi connectivity index (χ0) is 12.3. The largest absolute Gasteiger partial charge is 0.399 e. The van der Waals surface area contributed by atoms with E-state index in [-0.39, 0.29) is 5.69 Å². The highest BCUT2D eigenvalue weighted by atomic mass is 16.6. The number of nitrogens with one attached hydrogen (secondary N) is 1. The molecule has 0 heterocycles. The summed E-state index contributed by atoms with van der Waals surface area (Å²) < 4.78 is 0. The van der Waals surface area contributed by atoms with Crippen molar-refractivity contribution in [2.75, 3.05) is 11.1 Å². The number of nitrogen functional groups attached to an aromatic ring is 1. The summed E-state index contributed by atoms with van der Waals surface area (Å²) >= 11 is 0. The second kappa shape index (κ2) is 4.52. The van der Waals surface area contributed by atoms with E-state index < -0.39 is 4.92 Å². The van der Waals surface area contributed by atoms with Gasteiger partial charge >= 0.3 is 0 Å². The first-order chi connectivity index (χ1) is 8.16. The zero-order valence-corrected chi connectivity index (χ0v) is 8.96. The van der Waals surface area contributed by atoms with Gasteiger partial charge in [-0.05, 0) is 24.3 Å². The molecule has 0 bridgehead atoms. The van der Waals surface area contributed by atoms with Gasteiger partial charge in [0.05, 0.1) is 4.92 Å². The lowest BCUT2D eigenvalue weighted by Crippen LogP contribution is -1.97. The van der Waals surface area contributed by atoms with Crippen LogP contribution in [0, 0.1) is 10.1 Å². The van der Waals surface area contributed by atoms with Crippen LogP contribution in [0.2, 0.25) is 0 Å². The number of nitro benzene ring substituents is 1. The Morgan fingerprint density at radius 3 is 2.59 bits per heavy atom. The van der Waals surface area contributed by atoms with E-state index in [0.29, 0.717) is 11.4 Å². The molecule has 0 spiro atoms. The summed E-state index contributed by atoms with van der Waals surface area (Å²) in [5.41, 5.74) is 7.45. The Labute approximate surface area is 98.0 Å². The summed E-state index contributed by atoms with van der Waals surface area (Å²) in [6, 6.07) is 13.5. The monoisotopic (exact) mass is 229 g/mol. The van der Waals surface area contributed by atoms with Crippen molar-refractivity contribution >= 4 is 22.7 Å². The summed E-state index contributed by atoms with van der Waals surface area (Å²) in [4.78, 5) is 10.4. The van der Waals surface area contributed by atoms with E-state index in [2.05, 4.69) is 5.32 Å². The molecule has 0 atom stereocenters. The normalized spacial score (nSPS) is 9.88. The van der Waals surface area contributed by atoms with Crippen LogP contribution in [0.3, 0.4) is 0 Å². The van der Waals surface area contributed by atoms with Gasteiger partial charge in [0.1, 0.15) is 5.69 Å². The van der Waals surface area contributed by atoms with Crippen molar-refractivity contribution in [2.45, 2.75) is 0 Å². The molecule has 2 aromatic rings. The first kappa shape index (κ1) is 10.9. The molecule has 2 aromatic carbocycles. The van der Waals surface area contributed by atoms with E-state index in [1.54, 1.807) is 42.5 Å². The molecule has 0 saturated heterocycles. The van der Waals surface area contributed by atoms with Crippen molar-refractivity contribution in [2.24, 2.45) is 0 Å². The van der Waals surface area contributed by atoms with Gasteiger partial charge in [-0.1, -0.05) is 18.2 Å². The van der Waals surface area contributed by atoms with E-state index in [9.17, 15) is 10.1 Å². The first-order valence-corrected chi connectivity index (χ1v) is 5.03. The molecule has 17 heavy (non-hydrogen) atoms. The molecule has 0 saturated carbocycles. The zero-order valence-electron chi connectivity index (χ0n) is 8.96. The maximum Gasteiger partial charge on any atom is 0.292 e. The van der Waals surface area contributed by atoms with Crippen LogP contribution in [0.1, 0.15) is 0 Å². The molecule has 5 heteroatoms. The van der Waals surface area contributed by atoms with Crippen LogP contribution in [0.4, 0.5) is 22.7 Å². The molecular weight excluding hydrogens is 218 g/mol. The molecule has 0 aliphatic rings. The second-order valence-corrected chi connectivity index (χ2v) is 3.52. The Kier molecular flexibility index (Phi) is 2.91. The topological polar surface area (TPSA) is 81.2 Å². The smallest absolute Gasteiger partial charge is 0.292 e. The first-order valence-electron chi connectivity index (χ1n) is 5.03. The molecule has 0 aliphatic heterocycles. The van der Waals surface area contributed by atoms with Gasteiger partial charge in [0.15, 0.2) is 0 Å². The third kappa shape index (κ3) is 2.52. The highest BCUT2D eigenvalue weighted by molar-refractivity contribution is 5.70. The quantitative estimate of drug-likeness (QED) is 0.481. The van der Waals surface area contributed by atoms with E-state index in [1.807, 2.05) is 0 Å². The summed E-state index contributed by atoms with van der Waals surface area (Å²) in [7, 11) is 0. The maximum absolute atomic E-state index is 10.8. The Morgan fingerprint density at radius 2 is 1.88 bits per heavy atom. The number of rotatable bonds is 3. The number of hydrogen-bond donors (Lipinski definition) is 2. The average Bonchev–Trinajstić information content (AvgIpc) is 2.29. The SMILES string of the molecule is Nc1cccc(Nc2ccccc2[N+](=O)[O-])c1. The Hall–Kier alpha value is -2.56. The van der Waals surface area contributed by atoms with Crippen LogP contribution in [-0.2, 0) is 0 Å². The molecule has 0 amide bonds. The van der Waals surface area contributed by atoms with Gasteiger partial charge in [0.25, 0.3) is 5.69 Å². The lowest BCUT2D eigenvalue weighted by Gasteiger charge is -2.07. The van der Waals surface area contributed by atoms with E-state index in [1.165, 1.54) is 6.07 Å². The van der Waals surface area contributed by atoms with Crippen LogP contribution in [0.5, 0.6) is 0 Å². The molecule has 5 nitrogen and oxygen atoms in total. The third-order valence-electron chi connectivity index (χ3n) is 2.27. The lowest BCUT2D eigenvalue weighted by molar-refractivity contribution is -0.383. The van der Waals surface area contributed by atoms with Crippen LogP contribution in [0.25, 0.3) is 0 Å². The van der Waals surface area contributed by atoms with Gasteiger partial charge in [0, 0.05) is 17.4 Å². The van der Waals surface area contributed by atoms with E-state index in [0.717, 1.165) is 5.69 Å². The summed E-state index contributed by atoms with van der Waals surface area (Å²) in [6.45, 7) is 0. The molecule has 0 aromatic heterocycles. The highest BCUT2D eigenvalue weighted by Crippen LogP contribution is 2.27. The minimum Gasteiger partial charge on any atom is -0.399 e. The minimum atomic E-state index is -0.422. The molecule has 0 radical (unpaired) electrons. The number of para-hydroxylation sites is 2. The van der Waals surface area contributed by atoms with Crippen LogP contribution >= 0.6 is 0 Å². The number of nitrogens with two attached hydrogens (primary N) is 1. The highest BCUT2D eigenvalue weighted by Gasteiger charge is 2.11. The number of nitrogens with zero attached hydrogens (tertiary/aromatic N) is 1. The molecular formula is C12H11N3O2. The number of hydrogen-bond acceptors (Lipinski definition) is 4. The Morgan fingerprint density at radius 1 is 1.12 bits per heavy atom. The van der Waals surface area contributed by atoms with Gasteiger partial charge in [0.2, 0.25) is 0 Å². The number of nitro groups is 1. The minimum absolute atomic E-state index is 0.0370. The van der Waals surface area contributed by atoms with Crippen LogP contribution < -0.4 is 11.1 Å². The van der Waals surface area contributed by atoms with E-state index >= 15 is 0 Å². The molecule has 3 N–H and O–H groups in total. The van der Waals surface area contributed by atoms with E-state index in [4.69, 9.17) is 5.73 Å².